The zero-order valence-electron chi connectivity index (χ0n) is 20.6. The fourth-order valence-electron chi connectivity index (χ4n) is 3.89. The van der Waals surface area contributed by atoms with E-state index in [1.165, 1.54) is 12.8 Å². The number of aryl methyl sites for hydroxylation is 1. The lowest BCUT2D eigenvalue weighted by molar-refractivity contribution is 0.0963. The van der Waals surface area contributed by atoms with Crippen molar-refractivity contribution in [3.05, 3.63) is 12.2 Å². The van der Waals surface area contributed by atoms with Crippen LogP contribution in [0, 0.1) is 5.92 Å². The summed E-state index contributed by atoms with van der Waals surface area (Å²) < 4.78 is 7.19. The molecule has 1 aliphatic heterocycles. The van der Waals surface area contributed by atoms with E-state index in [4.69, 9.17) is 9.73 Å². The first-order chi connectivity index (χ1) is 15.4. The van der Waals surface area contributed by atoms with E-state index in [0.717, 1.165) is 49.9 Å². The van der Waals surface area contributed by atoms with Crippen LogP contribution in [0.15, 0.2) is 11.3 Å². The van der Waals surface area contributed by atoms with E-state index in [0.29, 0.717) is 32.3 Å². The summed E-state index contributed by atoms with van der Waals surface area (Å²) in [5.41, 5.74) is 0. The molecule has 9 nitrogen and oxygen atoms in total. The number of guanidine groups is 1. The lowest BCUT2D eigenvalue weighted by Crippen LogP contribution is -2.51. The van der Waals surface area contributed by atoms with Gasteiger partial charge in [-0.1, -0.05) is 33.6 Å². The maximum Gasteiger partial charge on any atom is 0.409 e. The Morgan fingerprint density at radius 3 is 2.66 bits per heavy atom. The lowest BCUT2D eigenvalue weighted by atomic mass is 10.0. The number of amides is 1. The molecule has 0 spiro atoms. The van der Waals surface area contributed by atoms with Crippen LogP contribution in [0.4, 0.5) is 4.79 Å². The number of hydrogen-bond acceptors (Lipinski definition) is 5. The Morgan fingerprint density at radius 2 is 2.00 bits per heavy atom. The molecule has 1 aromatic rings. The zero-order chi connectivity index (χ0) is 23.3. The Morgan fingerprint density at radius 1 is 1.25 bits per heavy atom. The van der Waals surface area contributed by atoms with Gasteiger partial charge in [0.25, 0.3) is 0 Å². The first kappa shape index (κ1) is 25.9. The third-order valence-electron chi connectivity index (χ3n) is 5.79. The molecule has 1 amide bonds. The predicted molar refractivity (Wildman–Crippen MR) is 128 cm³/mol. The molecule has 1 fully saturated rings. The lowest BCUT2D eigenvalue weighted by Gasteiger charge is -2.33. The molecule has 32 heavy (non-hydrogen) atoms. The fourth-order valence-corrected chi connectivity index (χ4v) is 3.89. The van der Waals surface area contributed by atoms with Crippen molar-refractivity contribution in [1.29, 1.82) is 0 Å². The Hall–Kier alpha value is -2.32. The number of nitrogens with zero attached hydrogens (tertiary/aromatic N) is 5. The first-order valence-corrected chi connectivity index (χ1v) is 12.3. The van der Waals surface area contributed by atoms with Crippen LogP contribution in [-0.4, -0.2) is 70.0 Å². The number of hydrogen-bond donors (Lipinski definition) is 2. The van der Waals surface area contributed by atoms with Crippen molar-refractivity contribution < 1.29 is 9.53 Å². The number of carbonyl (C=O) groups is 1. The summed E-state index contributed by atoms with van der Waals surface area (Å²) in [5.74, 6) is 2.56. The van der Waals surface area contributed by atoms with Gasteiger partial charge in [-0.05, 0) is 39.0 Å². The molecule has 2 heterocycles. The first-order valence-electron chi connectivity index (χ1n) is 12.3. The minimum Gasteiger partial charge on any atom is -0.450 e. The van der Waals surface area contributed by atoms with Crippen LogP contribution in [0.25, 0.3) is 0 Å². The number of aliphatic imine (C=N–C) groups is 1. The molecular formula is C23H43N7O2. The monoisotopic (exact) mass is 449 g/mol. The smallest absolute Gasteiger partial charge is 0.409 e. The van der Waals surface area contributed by atoms with Gasteiger partial charge >= 0.3 is 6.09 Å². The topological polar surface area (TPSA) is 96.7 Å². The maximum absolute atomic E-state index is 12.0. The van der Waals surface area contributed by atoms with Crippen molar-refractivity contribution in [1.82, 2.24) is 30.3 Å². The normalized spacial score (nSPS) is 16.3. The molecule has 0 radical (unpaired) electrons. The van der Waals surface area contributed by atoms with Crippen LogP contribution in [0.3, 0.4) is 0 Å². The van der Waals surface area contributed by atoms with Gasteiger partial charge in [0.15, 0.2) is 5.96 Å². The Labute approximate surface area is 193 Å². The molecule has 0 bridgehead atoms. The van der Waals surface area contributed by atoms with Crippen LogP contribution < -0.4 is 10.6 Å². The predicted octanol–water partition coefficient (Wildman–Crippen LogP) is 3.21. The Balaban J connectivity index is 1.91. The van der Waals surface area contributed by atoms with Gasteiger partial charge < -0.3 is 24.8 Å². The van der Waals surface area contributed by atoms with Crippen molar-refractivity contribution in [3.8, 4) is 0 Å². The number of likely N-dealkylation sites (tertiary alicyclic amines) is 1. The van der Waals surface area contributed by atoms with E-state index < -0.39 is 0 Å². The molecular weight excluding hydrogens is 406 g/mol. The van der Waals surface area contributed by atoms with Gasteiger partial charge in [0.2, 0.25) is 0 Å². The number of carbonyl (C=O) groups excluding carboxylic acids is 1. The molecule has 1 saturated heterocycles. The quantitative estimate of drug-likeness (QED) is 0.398. The second-order valence-electron chi connectivity index (χ2n) is 9.00. The van der Waals surface area contributed by atoms with Crippen molar-refractivity contribution in [2.45, 2.75) is 91.8 Å². The number of piperidine rings is 1. The fraction of sp³-hybridized carbons (Fsp3) is 0.826. The molecule has 1 aromatic heterocycles. The van der Waals surface area contributed by atoms with Gasteiger partial charge in [0.1, 0.15) is 12.2 Å². The highest BCUT2D eigenvalue weighted by Crippen LogP contribution is 2.12. The maximum atomic E-state index is 12.0. The number of nitrogens with one attached hydrogen (secondary N) is 2. The molecule has 9 heteroatoms. The highest BCUT2D eigenvalue weighted by molar-refractivity contribution is 5.80. The third kappa shape index (κ3) is 9.04. The summed E-state index contributed by atoms with van der Waals surface area (Å²) in [6, 6.07) is 0.636. The van der Waals surface area contributed by atoms with Crippen molar-refractivity contribution in [3.63, 3.8) is 0 Å². The van der Waals surface area contributed by atoms with E-state index in [-0.39, 0.29) is 12.1 Å². The minimum atomic E-state index is -0.211. The summed E-state index contributed by atoms with van der Waals surface area (Å²) in [4.78, 5) is 18.6. The SMILES string of the molecule is CCOC(=O)N1CCC(NC(=NCCn2cnnc2CC)NC(C)CCCC(C)C)CC1. The summed E-state index contributed by atoms with van der Waals surface area (Å²) in [5, 5.41) is 15.4. The van der Waals surface area contributed by atoms with Crippen LogP contribution >= 0.6 is 0 Å². The third-order valence-corrected chi connectivity index (χ3v) is 5.79. The highest BCUT2D eigenvalue weighted by Gasteiger charge is 2.24. The minimum absolute atomic E-state index is 0.211. The second kappa shape index (κ2) is 14.0. The Bertz CT molecular complexity index is 696. The van der Waals surface area contributed by atoms with Gasteiger partial charge in [-0.2, -0.15) is 0 Å². The molecule has 2 rings (SSSR count). The Kier molecular flexibility index (Phi) is 11.3. The molecule has 0 saturated carbocycles. The average Bonchev–Trinajstić information content (AvgIpc) is 3.21. The van der Waals surface area contributed by atoms with E-state index in [1.807, 2.05) is 6.92 Å². The van der Waals surface area contributed by atoms with E-state index in [2.05, 4.69) is 53.1 Å². The molecule has 1 atom stereocenters. The molecule has 0 aliphatic carbocycles. The number of aromatic nitrogens is 3. The molecule has 182 valence electrons. The molecule has 1 aliphatic rings. The van der Waals surface area contributed by atoms with Crippen molar-refractivity contribution >= 4 is 12.1 Å². The molecule has 2 N–H and O–H groups in total. The number of rotatable bonds is 11. The van der Waals surface area contributed by atoms with Gasteiger partial charge in [-0.25, -0.2) is 4.79 Å². The van der Waals surface area contributed by atoms with Gasteiger partial charge in [0, 0.05) is 38.1 Å². The summed E-state index contributed by atoms with van der Waals surface area (Å²) >= 11 is 0. The van der Waals surface area contributed by atoms with Crippen molar-refractivity contribution in [2.75, 3.05) is 26.2 Å². The zero-order valence-corrected chi connectivity index (χ0v) is 20.6. The van der Waals surface area contributed by atoms with Gasteiger partial charge in [0.05, 0.1) is 13.2 Å². The van der Waals surface area contributed by atoms with E-state index in [9.17, 15) is 4.79 Å². The summed E-state index contributed by atoms with van der Waals surface area (Å²) in [7, 11) is 0. The molecule has 0 aromatic carbocycles. The standard InChI is InChI=1S/C23H43N7O2/c1-6-21-28-25-17-30(21)16-13-24-22(26-19(5)10-8-9-18(3)4)27-20-11-14-29(15-12-20)23(31)32-7-2/h17-20H,6-16H2,1-5H3,(H2,24,26,27). The summed E-state index contributed by atoms with van der Waals surface area (Å²) in [6.07, 6.45) is 7.75. The van der Waals surface area contributed by atoms with Gasteiger partial charge in [-0.3, -0.25) is 4.99 Å². The molecule has 1 unspecified atom stereocenters. The van der Waals surface area contributed by atoms with Crippen LogP contribution in [0.2, 0.25) is 0 Å². The highest BCUT2D eigenvalue weighted by atomic mass is 16.6. The van der Waals surface area contributed by atoms with Crippen LogP contribution in [0.1, 0.15) is 72.5 Å². The summed E-state index contributed by atoms with van der Waals surface area (Å²) in [6.45, 7) is 13.9. The second-order valence-corrected chi connectivity index (χ2v) is 9.00. The number of ether oxygens (including phenoxy) is 1. The largest absolute Gasteiger partial charge is 0.450 e. The van der Waals surface area contributed by atoms with Gasteiger partial charge in [-0.15, -0.1) is 10.2 Å². The van der Waals surface area contributed by atoms with E-state index >= 15 is 0 Å². The van der Waals surface area contributed by atoms with Crippen LogP contribution in [-0.2, 0) is 17.7 Å². The average molecular weight is 450 g/mol. The van der Waals surface area contributed by atoms with Crippen molar-refractivity contribution in [2.24, 2.45) is 10.9 Å². The van der Waals surface area contributed by atoms with E-state index in [1.54, 1.807) is 11.2 Å². The van der Waals surface area contributed by atoms with Crippen LogP contribution in [0.5, 0.6) is 0 Å².